The first-order chi connectivity index (χ1) is 33.7. The van der Waals surface area contributed by atoms with Gasteiger partial charge in [0.15, 0.2) is 17.5 Å². The van der Waals surface area contributed by atoms with Gasteiger partial charge < -0.3 is 8.83 Å². The molecule has 0 saturated carbocycles. The zero-order valence-corrected chi connectivity index (χ0v) is 36.7. The van der Waals surface area contributed by atoms with E-state index < -0.39 is 0 Å². The van der Waals surface area contributed by atoms with Gasteiger partial charge in [-0.05, 0) is 74.8 Å². The fourth-order valence-electron chi connectivity index (χ4n) is 9.66. The standard InChI is InChI=1S/C63H39N3O2/c1-4-17-40(18-5-1)43-23-10-26-46(37-43)49-29-13-31-51-53-33-15-35-55(59(53)67-57(49)51)62-64-61(48-28-12-25-45(39-48)42-21-8-3-9-22-42)65-63(66-62)56-36-16-34-54-52-32-14-30-50(58(52)68-60(54)56)47-27-11-24-44(38-47)41-19-6-2-7-20-41/h1-39H. The summed E-state index contributed by atoms with van der Waals surface area (Å²) in [4.78, 5) is 15.9. The van der Waals surface area contributed by atoms with Crippen LogP contribution in [0.15, 0.2) is 245 Å². The van der Waals surface area contributed by atoms with Gasteiger partial charge >= 0.3 is 0 Å². The third-order valence-electron chi connectivity index (χ3n) is 13.0. The maximum Gasteiger partial charge on any atom is 0.167 e. The van der Waals surface area contributed by atoms with E-state index in [0.29, 0.717) is 28.6 Å². The van der Waals surface area contributed by atoms with E-state index in [4.69, 9.17) is 23.8 Å². The highest BCUT2D eigenvalue weighted by Gasteiger charge is 2.22. The Bertz CT molecular complexity index is 3810. The van der Waals surface area contributed by atoms with E-state index in [2.05, 4.69) is 206 Å². The van der Waals surface area contributed by atoms with Crippen LogP contribution in [0.5, 0.6) is 0 Å². The second-order valence-corrected chi connectivity index (χ2v) is 17.1. The molecule has 0 amide bonds. The summed E-state index contributed by atoms with van der Waals surface area (Å²) in [7, 11) is 0. The van der Waals surface area contributed by atoms with E-state index in [9.17, 15) is 0 Å². The van der Waals surface area contributed by atoms with Crippen molar-refractivity contribution in [3.63, 3.8) is 0 Å². The third-order valence-corrected chi connectivity index (χ3v) is 13.0. The molecule has 318 valence electrons. The molecule has 0 aliphatic carbocycles. The molecule has 0 radical (unpaired) electrons. The Morgan fingerprint density at radius 2 is 0.485 bits per heavy atom. The van der Waals surface area contributed by atoms with Crippen LogP contribution in [0.3, 0.4) is 0 Å². The summed E-state index contributed by atoms with van der Waals surface area (Å²) in [5.74, 6) is 1.54. The zero-order chi connectivity index (χ0) is 45.0. The molecule has 13 aromatic rings. The maximum absolute atomic E-state index is 7.02. The lowest BCUT2D eigenvalue weighted by molar-refractivity contribution is 0.670. The van der Waals surface area contributed by atoms with Crippen LogP contribution in [0, 0.1) is 0 Å². The molecule has 0 aliphatic heterocycles. The molecule has 0 fully saturated rings. The van der Waals surface area contributed by atoms with Crippen LogP contribution < -0.4 is 0 Å². The van der Waals surface area contributed by atoms with E-state index in [1.165, 1.54) is 0 Å². The lowest BCUT2D eigenvalue weighted by atomic mass is 9.97. The average Bonchev–Trinajstić information content (AvgIpc) is 4.01. The van der Waals surface area contributed by atoms with Crippen molar-refractivity contribution in [2.45, 2.75) is 0 Å². The first-order valence-electron chi connectivity index (χ1n) is 22.8. The highest BCUT2D eigenvalue weighted by molar-refractivity contribution is 6.14. The number of nitrogens with zero attached hydrogens (tertiary/aromatic N) is 3. The highest BCUT2D eigenvalue weighted by Crippen LogP contribution is 2.43. The second-order valence-electron chi connectivity index (χ2n) is 17.1. The second kappa shape index (κ2) is 16.4. The molecule has 0 bridgehead atoms. The van der Waals surface area contributed by atoms with Crippen LogP contribution in [-0.2, 0) is 0 Å². The van der Waals surface area contributed by atoms with E-state index in [1.807, 2.05) is 30.3 Å². The molecular formula is C63H39N3O2. The quantitative estimate of drug-likeness (QED) is 0.152. The lowest BCUT2D eigenvalue weighted by Crippen LogP contribution is -2.00. The molecule has 10 aromatic carbocycles. The van der Waals surface area contributed by atoms with Crippen molar-refractivity contribution in [1.29, 1.82) is 0 Å². The van der Waals surface area contributed by atoms with Gasteiger partial charge in [0.1, 0.15) is 22.3 Å². The predicted octanol–water partition coefficient (Wildman–Crippen LogP) is 17.0. The minimum absolute atomic E-state index is 0.499. The van der Waals surface area contributed by atoms with Gasteiger partial charge in [0, 0.05) is 38.2 Å². The number of hydrogen-bond donors (Lipinski definition) is 0. The van der Waals surface area contributed by atoms with Crippen LogP contribution in [-0.4, -0.2) is 15.0 Å². The van der Waals surface area contributed by atoms with E-state index >= 15 is 0 Å². The highest BCUT2D eigenvalue weighted by atomic mass is 16.3. The van der Waals surface area contributed by atoms with Crippen LogP contribution in [0.1, 0.15) is 0 Å². The van der Waals surface area contributed by atoms with Gasteiger partial charge in [-0.1, -0.05) is 206 Å². The topological polar surface area (TPSA) is 65.0 Å². The van der Waals surface area contributed by atoms with Gasteiger partial charge in [0.25, 0.3) is 0 Å². The Hall–Kier alpha value is -9.19. The van der Waals surface area contributed by atoms with Crippen molar-refractivity contribution in [3.8, 4) is 89.8 Å². The molecule has 5 heteroatoms. The number of hydrogen-bond acceptors (Lipinski definition) is 5. The number of para-hydroxylation sites is 4. The minimum Gasteiger partial charge on any atom is -0.455 e. The predicted molar refractivity (Wildman–Crippen MR) is 278 cm³/mol. The van der Waals surface area contributed by atoms with Gasteiger partial charge in [-0.15, -0.1) is 0 Å². The van der Waals surface area contributed by atoms with Gasteiger partial charge in [-0.3, -0.25) is 0 Å². The molecular weight excluding hydrogens is 831 g/mol. The summed E-state index contributed by atoms with van der Waals surface area (Å²) in [5.41, 5.74) is 16.4. The van der Waals surface area contributed by atoms with Crippen molar-refractivity contribution in [2.24, 2.45) is 0 Å². The summed E-state index contributed by atoms with van der Waals surface area (Å²) in [5, 5.41) is 4.01. The molecule has 13 rings (SSSR count). The van der Waals surface area contributed by atoms with Crippen molar-refractivity contribution in [3.05, 3.63) is 237 Å². The first kappa shape index (κ1) is 39.2. The largest absolute Gasteiger partial charge is 0.455 e. The zero-order valence-electron chi connectivity index (χ0n) is 36.7. The van der Waals surface area contributed by atoms with Gasteiger partial charge in [-0.25, -0.2) is 15.0 Å². The van der Waals surface area contributed by atoms with Crippen molar-refractivity contribution >= 4 is 43.9 Å². The molecule has 0 atom stereocenters. The average molecular weight is 870 g/mol. The van der Waals surface area contributed by atoms with Crippen molar-refractivity contribution < 1.29 is 8.83 Å². The number of aromatic nitrogens is 3. The SMILES string of the molecule is c1ccc(-c2cccc(-c3nc(-c4cccc5c4oc4c(-c6cccc(-c7ccccc7)c6)cccc45)nc(-c4cccc5c4oc4c(-c6cccc(-c7ccccc7)c6)cccc45)n3)c2)cc1. The summed E-state index contributed by atoms with van der Waals surface area (Å²) >= 11 is 0. The minimum atomic E-state index is 0.499. The maximum atomic E-state index is 7.02. The third kappa shape index (κ3) is 6.84. The number of fused-ring (bicyclic) bond motifs is 6. The molecule has 0 unspecified atom stereocenters. The Balaban J connectivity index is 0.998. The smallest absolute Gasteiger partial charge is 0.167 e. The summed E-state index contributed by atoms with van der Waals surface area (Å²) in [6.07, 6.45) is 0. The van der Waals surface area contributed by atoms with Gasteiger partial charge in [0.05, 0.1) is 11.1 Å². The van der Waals surface area contributed by atoms with E-state index in [0.717, 1.165) is 105 Å². The van der Waals surface area contributed by atoms with Crippen molar-refractivity contribution in [1.82, 2.24) is 15.0 Å². The normalized spacial score (nSPS) is 11.5. The molecule has 0 saturated heterocycles. The Morgan fingerprint density at radius 3 is 0.882 bits per heavy atom. The van der Waals surface area contributed by atoms with Crippen LogP contribution >= 0.6 is 0 Å². The molecule has 0 spiro atoms. The van der Waals surface area contributed by atoms with Gasteiger partial charge in [0.2, 0.25) is 0 Å². The first-order valence-corrected chi connectivity index (χ1v) is 22.8. The van der Waals surface area contributed by atoms with Crippen LogP contribution in [0.4, 0.5) is 0 Å². The fourth-order valence-corrected chi connectivity index (χ4v) is 9.66. The Kier molecular flexibility index (Phi) is 9.43. The van der Waals surface area contributed by atoms with Crippen molar-refractivity contribution in [2.75, 3.05) is 0 Å². The monoisotopic (exact) mass is 869 g/mol. The van der Waals surface area contributed by atoms with E-state index in [1.54, 1.807) is 0 Å². The number of furan rings is 2. The van der Waals surface area contributed by atoms with E-state index in [-0.39, 0.29) is 0 Å². The molecule has 68 heavy (non-hydrogen) atoms. The van der Waals surface area contributed by atoms with Gasteiger partial charge in [-0.2, -0.15) is 0 Å². The summed E-state index contributed by atoms with van der Waals surface area (Å²) in [6.45, 7) is 0. The molecule has 3 aromatic heterocycles. The van der Waals surface area contributed by atoms with Crippen LogP contribution in [0.25, 0.3) is 134 Å². The lowest BCUT2D eigenvalue weighted by Gasteiger charge is -2.10. The Labute approximate surface area is 392 Å². The summed E-state index contributed by atoms with van der Waals surface area (Å²) < 4.78 is 14.0. The number of benzene rings is 10. The molecule has 0 aliphatic rings. The molecule has 0 N–H and O–H groups in total. The Morgan fingerprint density at radius 1 is 0.206 bits per heavy atom. The summed E-state index contributed by atoms with van der Waals surface area (Å²) in [6, 6.07) is 82.1. The number of rotatable bonds is 8. The van der Waals surface area contributed by atoms with Crippen LogP contribution in [0.2, 0.25) is 0 Å². The fraction of sp³-hybridized carbons (Fsp3) is 0. The molecule has 3 heterocycles. The molecule has 5 nitrogen and oxygen atoms in total.